The number of amides is 1. The molecule has 2 N–H and O–H groups in total. The summed E-state index contributed by atoms with van der Waals surface area (Å²) in [4.78, 5) is 22.7. The first-order valence-corrected chi connectivity index (χ1v) is 6.61. The molecule has 0 saturated carbocycles. The van der Waals surface area contributed by atoms with E-state index in [1.165, 1.54) is 17.7 Å². The molecule has 0 spiro atoms. The van der Waals surface area contributed by atoms with Crippen LogP contribution in [0.5, 0.6) is 0 Å². The van der Waals surface area contributed by atoms with Gasteiger partial charge in [0.05, 0.1) is 0 Å². The lowest BCUT2D eigenvalue weighted by Gasteiger charge is -2.05. The predicted octanol–water partition coefficient (Wildman–Crippen LogP) is 1.65. The molecule has 1 aromatic heterocycles. The van der Waals surface area contributed by atoms with Gasteiger partial charge in [0, 0.05) is 12.6 Å². The number of benzene rings is 1. The van der Waals surface area contributed by atoms with Crippen molar-refractivity contribution in [3.8, 4) is 0 Å². The molecule has 0 aliphatic carbocycles. The van der Waals surface area contributed by atoms with Gasteiger partial charge in [0.1, 0.15) is 5.69 Å². The average molecular weight is 271 g/mol. The number of aromatic amines is 1. The lowest BCUT2D eigenvalue weighted by molar-refractivity contribution is 0.0945. The summed E-state index contributed by atoms with van der Waals surface area (Å²) in [5, 5.41) is 8.68. The number of aromatic nitrogens is 2. The molecule has 20 heavy (non-hydrogen) atoms. The zero-order valence-electron chi connectivity index (χ0n) is 11.3. The number of aryl methyl sites for hydroxylation is 1. The van der Waals surface area contributed by atoms with E-state index in [2.05, 4.69) is 34.6 Å². The number of rotatable bonds is 5. The molecule has 0 radical (unpaired) electrons. The Balaban J connectivity index is 1.92. The summed E-state index contributed by atoms with van der Waals surface area (Å²) < 4.78 is 0. The molecule has 0 aliphatic heterocycles. The molecule has 0 unspecified atom stereocenters. The fraction of sp³-hybridized carbons (Fsp3) is 0.267. The van der Waals surface area contributed by atoms with Crippen LogP contribution in [0.15, 0.2) is 41.2 Å². The lowest BCUT2D eigenvalue weighted by atomic mass is 10.1. The highest BCUT2D eigenvalue weighted by atomic mass is 16.2. The van der Waals surface area contributed by atoms with Crippen molar-refractivity contribution in [3.63, 3.8) is 0 Å². The van der Waals surface area contributed by atoms with E-state index in [1.54, 1.807) is 0 Å². The largest absolute Gasteiger partial charge is 0.347 e. The minimum Gasteiger partial charge on any atom is -0.347 e. The van der Waals surface area contributed by atoms with Crippen molar-refractivity contribution < 1.29 is 4.79 Å². The van der Waals surface area contributed by atoms with Gasteiger partial charge in [-0.1, -0.05) is 37.6 Å². The Morgan fingerprint density at radius 3 is 2.45 bits per heavy atom. The van der Waals surface area contributed by atoms with Gasteiger partial charge in [-0.25, -0.2) is 5.10 Å². The maximum atomic E-state index is 11.8. The number of hydrogen-bond donors (Lipinski definition) is 2. The second-order valence-corrected chi connectivity index (χ2v) is 4.56. The van der Waals surface area contributed by atoms with Gasteiger partial charge in [0.25, 0.3) is 11.5 Å². The Morgan fingerprint density at radius 2 is 1.85 bits per heavy atom. The molecule has 0 bridgehead atoms. The Labute approximate surface area is 117 Å². The van der Waals surface area contributed by atoms with Crippen LogP contribution in [-0.4, -0.2) is 16.1 Å². The van der Waals surface area contributed by atoms with Crippen LogP contribution < -0.4 is 10.9 Å². The summed E-state index contributed by atoms with van der Waals surface area (Å²) in [5.41, 5.74) is 2.20. The van der Waals surface area contributed by atoms with Crippen LogP contribution in [-0.2, 0) is 13.0 Å². The van der Waals surface area contributed by atoms with Crippen molar-refractivity contribution in [3.05, 3.63) is 63.6 Å². The van der Waals surface area contributed by atoms with E-state index >= 15 is 0 Å². The van der Waals surface area contributed by atoms with Crippen molar-refractivity contribution >= 4 is 5.91 Å². The highest BCUT2D eigenvalue weighted by molar-refractivity contribution is 5.91. The summed E-state index contributed by atoms with van der Waals surface area (Å²) >= 11 is 0. The van der Waals surface area contributed by atoms with Crippen LogP contribution >= 0.6 is 0 Å². The average Bonchev–Trinajstić information content (AvgIpc) is 2.47. The predicted molar refractivity (Wildman–Crippen MR) is 76.5 cm³/mol. The molecule has 2 aromatic rings. The molecular formula is C15H17N3O2. The van der Waals surface area contributed by atoms with E-state index in [-0.39, 0.29) is 17.2 Å². The zero-order chi connectivity index (χ0) is 14.4. The smallest absolute Gasteiger partial charge is 0.271 e. The van der Waals surface area contributed by atoms with Gasteiger partial charge in [-0.3, -0.25) is 9.59 Å². The van der Waals surface area contributed by atoms with Gasteiger partial charge in [0.2, 0.25) is 0 Å². The van der Waals surface area contributed by atoms with Crippen molar-refractivity contribution in [2.24, 2.45) is 0 Å². The summed E-state index contributed by atoms with van der Waals surface area (Å²) in [6.07, 6.45) is 2.18. The Hall–Kier alpha value is -2.43. The van der Waals surface area contributed by atoms with Crippen LogP contribution in [0.2, 0.25) is 0 Å². The fourth-order valence-corrected chi connectivity index (χ4v) is 1.86. The summed E-state index contributed by atoms with van der Waals surface area (Å²) in [7, 11) is 0. The number of nitrogens with zero attached hydrogens (tertiary/aromatic N) is 1. The highest BCUT2D eigenvalue weighted by Gasteiger charge is 2.06. The Morgan fingerprint density at radius 1 is 1.15 bits per heavy atom. The monoisotopic (exact) mass is 271 g/mol. The van der Waals surface area contributed by atoms with Crippen LogP contribution in [0, 0.1) is 0 Å². The van der Waals surface area contributed by atoms with Gasteiger partial charge in [0.15, 0.2) is 0 Å². The van der Waals surface area contributed by atoms with Crippen LogP contribution in [0.25, 0.3) is 0 Å². The van der Waals surface area contributed by atoms with Crippen LogP contribution in [0.4, 0.5) is 0 Å². The number of H-pyrrole nitrogens is 1. The van der Waals surface area contributed by atoms with Crippen molar-refractivity contribution in [1.82, 2.24) is 15.5 Å². The molecule has 5 nitrogen and oxygen atoms in total. The molecule has 5 heteroatoms. The van der Waals surface area contributed by atoms with Gasteiger partial charge in [-0.2, -0.15) is 5.10 Å². The maximum absolute atomic E-state index is 11.8. The molecule has 2 rings (SSSR count). The van der Waals surface area contributed by atoms with Crippen LogP contribution in [0.1, 0.15) is 35.0 Å². The molecule has 0 aliphatic rings. The number of nitrogens with one attached hydrogen (secondary N) is 2. The topological polar surface area (TPSA) is 74.8 Å². The third-order valence-corrected chi connectivity index (χ3v) is 2.93. The number of hydrogen-bond acceptors (Lipinski definition) is 3. The molecule has 1 aromatic carbocycles. The Kier molecular flexibility index (Phi) is 4.65. The molecular weight excluding hydrogens is 254 g/mol. The molecule has 0 fully saturated rings. The fourth-order valence-electron chi connectivity index (χ4n) is 1.86. The zero-order valence-corrected chi connectivity index (χ0v) is 11.3. The molecule has 0 saturated heterocycles. The van der Waals surface area contributed by atoms with Crippen LogP contribution in [0.3, 0.4) is 0 Å². The Bertz CT molecular complexity index is 612. The SMILES string of the molecule is CCCc1ccc(CNC(=O)c2ccc(=O)[nH]n2)cc1. The molecule has 1 amide bonds. The quantitative estimate of drug-likeness (QED) is 0.868. The van der Waals surface area contributed by atoms with Crippen molar-refractivity contribution in [2.45, 2.75) is 26.3 Å². The standard InChI is InChI=1S/C15H17N3O2/c1-2-3-11-4-6-12(7-5-11)10-16-15(20)13-8-9-14(19)18-17-13/h4-9H,2-3,10H2,1H3,(H,16,20)(H,18,19). The normalized spacial score (nSPS) is 10.2. The van der Waals surface area contributed by atoms with E-state index in [1.807, 2.05) is 12.1 Å². The number of carbonyl (C=O) groups excluding carboxylic acids is 1. The first kappa shape index (κ1) is 14.0. The van der Waals surface area contributed by atoms with Gasteiger partial charge in [-0.05, 0) is 23.6 Å². The van der Waals surface area contributed by atoms with E-state index in [9.17, 15) is 9.59 Å². The highest BCUT2D eigenvalue weighted by Crippen LogP contribution is 2.06. The van der Waals surface area contributed by atoms with Crippen molar-refractivity contribution in [2.75, 3.05) is 0 Å². The van der Waals surface area contributed by atoms with Crippen molar-refractivity contribution in [1.29, 1.82) is 0 Å². The summed E-state index contributed by atoms with van der Waals surface area (Å²) in [5.74, 6) is -0.307. The van der Waals surface area contributed by atoms with Gasteiger partial charge in [-0.15, -0.1) is 0 Å². The maximum Gasteiger partial charge on any atom is 0.271 e. The third kappa shape index (κ3) is 3.78. The lowest BCUT2D eigenvalue weighted by Crippen LogP contribution is -2.25. The summed E-state index contributed by atoms with van der Waals surface area (Å²) in [6.45, 7) is 2.58. The van der Waals surface area contributed by atoms with E-state index < -0.39 is 0 Å². The van der Waals surface area contributed by atoms with Gasteiger partial charge >= 0.3 is 0 Å². The third-order valence-electron chi connectivity index (χ3n) is 2.93. The first-order chi connectivity index (χ1) is 9.69. The second-order valence-electron chi connectivity index (χ2n) is 4.56. The summed E-state index contributed by atoms with van der Waals surface area (Å²) in [6, 6.07) is 10.8. The van der Waals surface area contributed by atoms with E-state index in [4.69, 9.17) is 0 Å². The first-order valence-electron chi connectivity index (χ1n) is 6.61. The molecule has 0 atom stereocenters. The van der Waals surface area contributed by atoms with Gasteiger partial charge < -0.3 is 5.32 Å². The van der Waals surface area contributed by atoms with E-state index in [0.29, 0.717) is 6.54 Å². The molecule has 1 heterocycles. The minimum atomic E-state index is -0.326. The molecule has 104 valence electrons. The minimum absolute atomic E-state index is 0.201. The number of carbonyl (C=O) groups is 1. The van der Waals surface area contributed by atoms with E-state index in [0.717, 1.165) is 18.4 Å². The second kappa shape index (κ2) is 6.65.